The summed E-state index contributed by atoms with van der Waals surface area (Å²) in [5.74, 6) is -0.701. The molecule has 23 heavy (non-hydrogen) atoms. The van der Waals surface area contributed by atoms with Gasteiger partial charge in [-0.25, -0.2) is 8.42 Å². The molecule has 0 bridgehead atoms. The number of benzene rings is 2. The van der Waals surface area contributed by atoms with Crippen LogP contribution in [0.2, 0.25) is 5.02 Å². The van der Waals surface area contributed by atoms with Crippen LogP contribution in [0.1, 0.15) is 0 Å². The standard InChI is InChI=1S/C15H12Cl2N2O3S/c1-18-13-8-10(17)6-7-11(13)19(15(20)9-16)12-4-2-3-5-14(12)23(18,21)22/h2-8H,9H2,1H3. The van der Waals surface area contributed by atoms with Crippen molar-refractivity contribution in [1.82, 2.24) is 0 Å². The van der Waals surface area contributed by atoms with Crippen molar-refractivity contribution >= 4 is 56.2 Å². The first-order valence-corrected chi connectivity index (χ1v) is 8.99. The van der Waals surface area contributed by atoms with Crippen molar-refractivity contribution in [2.75, 3.05) is 22.1 Å². The lowest BCUT2D eigenvalue weighted by Crippen LogP contribution is -2.27. The lowest BCUT2D eigenvalue weighted by atomic mass is 10.2. The van der Waals surface area contributed by atoms with Crippen LogP contribution in [0.25, 0.3) is 0 Å². The van der Waals surface area contributed by atoms with E-state index in [0.717, 1.165) is 4.31 Å². The topological polar surface area (TPSA) is 57.7 Å². The van der Waals surface area contributed by atoms with E-state index in [1.807, 2.05) is 0 Å². The predicted octanol–water partition coefficient (Wildman–Crippen LogP) is 3.38. The average Bonchev–Trinajstić information content (AvgIpc) is 2.61. The Labute approximate surface area is 144 Å². The molecule has 0 saturated heterocycles. The lowest BCUT2D eigenvalue weighted by molar-refractivity contribution is -0.115. The molecule has 1 amide bonds. The number of nitrogens with zero attached hydrogens (tertiary/aromatic N) is 2. The van der Waals surface area contributed by atoms with Crippen molar-refractivity contribution < 1.29 is 13.2 Å². The van der Waals surface area contributed by atoms with Crippen molar-refractivity contribution in [2.24, 2.45) is 0 Å². The van der Waals surface area contributed by atoms with Gasteiger partial charge in [0.25, 0.3) is 10.0 Å². The lowest BCUT2D eigenvalue weighted by Gasteiger charge is -2.23. The Balaban J connectivity index is 2.43. The molecule has 2 aromatic rings. The number of rotatable bonds is 1. The third-order valence-corrected chi connectivity index (χ3v) is 5.91. The van der Waals surface area contributed by atoms with E-state index in [-0.39, 0.29) is 16.5 Å². The van der Waals surface area contributed by atoms with Crippen LogP contribution in [0.4, 0.5) is 17.1 Å². The van der Waals surface area contributed by atoms with Crippen molar-refractivity contribution in [2.45, 2.75) is 4.90 Å². The minimum absolute atomic E-state index is 0.0355. The van der Waals surface area contributed by atoms with E-state index < -0.39 is 15.9 Å². The number of anilines is 3. The number of sulfonamides is 1. The van der Waals surface area contributed by atoms with Gasteiger partial charge in [0.2, 0.25) is 5.91 Å². The van der Waals surface area contributed by atoms with Gasteiger partial charge >= 0.3 is 0 Å². The van der Waals surface area contributed by atoms with E-state index in [2.05, 4.69) is 0 Å². The predicted molar refractivity (Wildman–Crippen MR) is 91.3 cm³/mol. The maximum absolute atomic E-state index is 12.9. The zero-order chi connectivity index (χ0) is 16.8. The minimum Gasteiger partial charge on any atom is -0.276 e. The monoisotopic (exact) mass is 370 g/mol. The average molecular weight is 371 g/mol. The van der Waals surface area contributed by atoms with Crippen LogP contribution in [-0.2, 0) is 14.8 Å². The van der Waals surface area contributed by atoms with Gasteiger partial charge in [-0.05, 0) is 30.3 Å². The Morgan fingerprint density at radius 1 is 1.09 bits per heavy atom. The Hall–Kier alpha value is -1.76. The summed E-state index contributed by atoms with van der Waals surface area (Å²) in [6, 6.07) is 11.0. The Morgan fingerprint density at radius 3 is 2.48 bits per heavy atom. The first-order chi connectivity index (χ1) is 10.9. The third-order valence-electron chi connectivity index (χ3n) is 3.63. The molecule has 1 heterocycles. The van der Waals surface area contributed by atoms with Crippen molar-refractivity contribution in [3.8, 4) is 0 Å². The second-order valence-corrected chi connectivity index (χ2v) is 7.58. The molecule has 0 spiro atoms. The van der Waals surface area contributed by atoms with Gasteiger partial charge in [0.15, 0.2) is 0 Å². The molecule has 1 aliphatic rings. The summed E-state index contributed by atoms with van der Waals surface area (Å²) in [6.45, 7) is 0. The Kier molecular flexibility index (Phi) is 4.00. The molecule has 0 radical (unpaired) electrons. The summed E-state index contributed by atoms with van der Waals surface area (Å²) in [5.41, 5.74) is 0.995. The largest absolute Gasteiger partial charge is 0.276 e. The fourth-order valence-electron chi connectivity index (χ4n) is 2.53. The number of fused-ring (bicyclic) bond motifs is 2. The Morgan fingerprint density at radius 2 is 1.78 bits per heavy atom. The summed E-state index contributed by atoms with van der Waals surface area (Å²) in [6.07, 6.45) is 0. The molecule has 0 fully saturated rings. The van der Waals surface area contributed by atoms with E-state index >= 15 is 0 Å². The fraction of sp³-hybridized carbons (Fsp3) is 0.133. The van der Waals surface area contributed by atoms with Crippen LogP contribution in [-0.4, -0.2) is 27.3 Å². The smallest absolute Gasteiger partial charge is 0.266 e. The van der Waals surface area contributed by atoms with Crippen LogP contribution in [0, 0.1) is 0 Å². The molecule has 0 aliphatic carbocycles. The molecule has 0 atom stereocenters. The molecule has 2 aromatic carbocycles. The molecular weight excluding hydrogens is 359 g/mol. The van der Waals surface area contributed by atoms with Crippen LogP contribution in [0.3, 0.4) is 0 Å². The van der Waals surface area contributed by atoms with Crippen LogP contribution in [0.5, 0.6) is 0 Å². The van der Waals surface area contributed by atoms with E-state index in [1.54, 1.807) is 30.3 Å². The summed E-state index contributed by atoms with van der Waals surface area (Å²) in [5, 5.41) is 0.370. The zero-order valence-corrected chi connectivity index (χ0v) is 14.4. The first kappa shape index (κ1) is 16.1. The maximum atomic E-state index is 12.9. The highest BCUT2D eigenvalue weighted by molar-refractivity contribution is 7.93. The fourth-order valence-corrected chi connectivity index (χ4v) is 4.19. The third kappa shape index (κ3) is 2.47. The van der Waals surface area contributed by atoms with E-state index in [0.29, 0.717) is 16.4 Å². The maximum Gasteiger partial charge on any atom is 0.266 e. The summed E-state index contributed by atoms with van der Waals surface area (Å²) in [4.78, 5) is 13.7. The van der Waals surface area contributed by atoms with Gasteiger partial charge in [-0.3, -0.25) is 14.0 Å². The number of para-hydroxylation sites is 1. The second kappa shape index (κ2) is 5.70. The summed E-state index contributed by atoms with van der Waals surface area (Å²) in [7, 11) is -2.40. The highest BCUT2D eigenvalue weighted by Crippen LogP contribution is 2.44. The molecule has 0 unspecified atom stereocenters. The van der Waals surface area contributed by atoms with E-state index in [4.69, 9.17) is 23.2 Å². The molecule has 0 aromatic heterocycles. The van der Waals surface area contributed by atoms with Gasteiger partial charge in [-0.1, -0.05) is 23.7 Å². The Bertz CT molecular complexity index is 899. The number of hydrogen-bond donors (Lipinski definition) is 0. The van der Waals surface area contributed by atoms with Crippen molar-refractivity contribution in [3.05, 3.63) is 47.5 Å². The van der Waals surface area contributed by atoms with Crippen LogP contribution < -0.4 is 9.21 Å². The number of halogens is 2. The number of alkyl halides is 1. The number of carbonyl (C=O) groups is 1. The molecule has 1 aliphatic heterocycles. The first-order valence-electron chi connectivity index (χ1n) is 6.64. The van der Waals surface area contributed by atoms with Gasteiger partial charge in [-0.2, -0.15) is 0 Å². The molecule has 0 N–H and O–H groups in total. The van der Waals surface area contributed by atoms with Crippen molar-refractivity contribution in [3.63, 3.8) is 0 Å². The molecule has 120 valence electrons. The number of carbonyl (C=O) groups excluding carboxylic acids is 1. The molecular formula is C15H12Cl2N2O3S. The quantitative estimate of drug-likeness (QED) is 0.723. The molecule has 0 saturated carbocycles. The molecule has 3 rings (SSSR count). The van der Waals surface area contributed by atoms with Crippen LogP contribution >= 0.6 is 23.2 Å². The SMILES string of the molecule is CN1c2cc(Cl)ccc2N(C(=O)CCl)c2ccccc2S1(=O)=O. The molecule has 5 nitrogen and oxygen atoms in total. The summed E-state index contributed by atoms with van der Waals surface area (Å²) < 4.78 is 26.9. The van der Waals surface area contributed by atoms with Gasteiger partial charge in [-0.15, -0.1) is 11.6 Å². The highest BCUT2D eigenvalue weighted by Gasteiger charge is 2.35. The normalized spacial score (nSPS) is 15.6. The summed E-state index contributed by atoms with van der Waals surface area (Å²) >= 11 is 11.7. The molecule has 8 heteroatoms. The van der Waals surface area contributed by atoms with Gasteiger partial charge in [0.1, 0.15) is 10.8 Å². The van der Waals surface area contributed by atoms with E-state index in [1.165, 1.54) is 24.1 Å². The van der Waals surface area contributed by atoms with Crippen molar-refractivity contribution in [1.29, 1.82) is 0 Å². The number of hydrogen-bond acceptors (Lipinski definition) is 3. The second-order valence-electron chi connectivity index (χ2n) is 4.94. The van der Waals surface area contributed by atoms with Gasteiger partial charge in [0, 0.05) is 12.1 Å². The number of amides is 1. The highest BCUT2D eigenvalue weighted by atomic mass is 35.5. The van der Waals surface area contributed by atoms with Crippen LogP contribution in [0.15, 0.2) is 47.4 Å². The zero-order valence-electron chi connectivity index (χ0n) is 12.0. The van der Waals surface area contributed by atoms with Gasteiger partial charge < -0.3 is 0 Å². The van der Waals surface area contributed by atoms with E-state index in [9.17, 15) is 13.2 Å². The van der Waals surface area contributed by atoms with Gasteiger partial charge in [0.05, 0.1) is 17.1 Å². The minimum atomic E-state index is -3.82.